The molecule has 1 aliphatic rings. The van der Waals surface area contributed by atoms with Gasteiger partial charge in [-0.2, -0.15) is 0 Å². The molecule has 0 bridgehead atoms. The lowest BCUT2D eigenvalue weighted by atomic mass is 10.1. The number of carbonyl (C=O) groups excluding carboxylic acids is 1. The quantitative estimate of drug-likeness (QED) is 0.404. The van der Waals surface area contributed by atoms with Crippen molar-refractivity contribution in [2.24, 2.45) is 5.84 Å². The summed E-state index contributed by atoms with van der Waals surface area (Å²) in [4.78, 5) is 11.0. The summed E-state index contributed by atoms with van der Waals surface area (Å²) in [7, 11) is 0. The van der Waals surface area contributed by atoms with Gasteiger partial charge in [-0.25, -0.2) is 4.79 Å². The van der Waals surface area contributed by atoms with Crippen LogP contribution in [0.25, 0.3) is 0 Å². The molecule has 4 nitrogen and oxygen atoms in total. The van der Waals surface area contributed by atoms with E-state index in [0.717, 1.165) is 5.56 Å². The van der Waals surface area contributed by atoms with E-state index in [2.05, 4.69) is 5.43 Å². The van der Waals surface area contributed by atoms with Gasteiger partial charge in [-0.05, 0) is 12.1 Å². The zero-order chi connectivity index (χ0) is 8.55. The first kappa shape index (κ1) is 9.83. The van der Waals surface area contributed by atoms with Gasteiger partial charge in [0.15, 0.2) is 0 Å². The van der Waals surface area contributed by atoms with Gasteiger partial charge in [0.05, 0.1) is 5.56 Å². The Morgan fingerprint density at radius 3 is 2.92 bits per heavy atom. The second-order valence-corrected chi connectivity index (χ2v) is 2.59. The SMILES string of the molecule is Cl.NNc1ccc2c(c1)C(=O)OC2. The molecule has 13 heavy (non-hydrogen) atoms. The summed E-state index contributed by atoms with van der Waals surface area (Å²) in [5.41, 5.74) is 4.70. The molecule has 0 aliphatic carbocycles. The number of cyclic esters (lactones) is 1. The van der Waals surface area contributed by atoms with Crippen LogP contribution in [0.15, 0.2) is 18.2 Å². The van der Waals surface area contributed by atoms with Crippen LogP contribution in [-0.4, -0.2) is 5.97 Å². The van der Waals surface area contributed by atoms with E-state index in [-0.39, 0.29) is 18.4 Å². The van der Waals surface area contributed by atoms with Crippen molar-refractivity contribution in [3.8, 4) is 0 Å². The number of benzene rings is 1. The van der Waals surface area contributed by atoms with Crippen molar-refractivity contribution in [3.63, 3.8) is 0 Å². The van der Waals surface area contributed by atoms with Gasteiger partial charge < -0.3 is 10.2 Å². The maximum absolute atomic E-state index is 11.0. The topological polar surface area (TPSA) is 64.3 Å². The van der Waals surface area contributed by atoms with Crippen LogP contribution in [-0.2, 0) is 11.3 Å². The number of anilines is 1. The lowest BCUT2D eigenvalue weighted by Crippen LogP contribution is -2.07. The Hall–Kier alpha value is -1.26. The molecule has 0 saturated heterocycles. The number of fused-ring (bicyclic) bond motifs is 1. The smallest absolute Gasteiger partial charge is 0.338 e. The Balaban J connectivity index is 0.000000845. The first-order valence-electron chi connectivity index (χ1n) is 3.58. The minimum Gasteiger partial charge on any atom is -0.457 e. The highest BCUT2D eigenvalue weighted by Crippen LogP contribution is 2.22. The van der Waals surface area contributed by atoms with Gasteiger partial charge >= 0.3 is 5.97 Å². The highest BCUT2D eigenvalue weighted by molar-refractivity contribution is 5.94. The van der Waals surface area contributed by atoms with Crippen LogP contribution in [0.4, 0.5) is 5.69 Å². The molecule has 0 amide bonds. The van der Waals surface area contributed by atoms with Crippen LogP contribution >= 0.6 is 12.4 Å². The molecular weight excluding hydrogens is 192 g/mol. The number of hydrazine groups is 1. The van der Waals surface area contributed by atoms with Crippen molar-refractivity contribution < 1.29 is 9.53 Å². The minimum absolute atomic E-state index is 0. The first-order valence-corrected chi connectivity index (χ1v) is 3.58. The monoisotopic (exact) mass is 200 g/mol. The largest absolute Gasteiger partial charge is 0.457 e. The van der Waals surface area contributed by atoms with Gasteiger partial charge in [-0.1, -0.05) is 6.07 Å². The van der Waals surface area contributed by atoms with Crippen molar-refractivity contribution in [3.05, 3.63) is 29.3 Å². The van der Waals surface area contributed by atoms with E-state index >= 15 is 0 Å². The summed E-state index contributed by atoms with van der Waals surface area (Å²) in [5.74, 6) is 4.91. The summed E-state index contributed by atoms with van der Waals surface area (Å²) in [5, 5.41) is 0. The fourth-order valence-electron chi connectivity index (χ4n) is 1.20. The Morgan fingerprint density at radius 1 is 1.46 bits per heavy atom. The number of ether oxygens (including phenoxy) is 1. The van der Waals surface area contributed by atoms with Crippen molar-refractivity contribution in [1.29, 1.82) is 0 Å². The predicted molar refractivity (Wildman–Crippen MR) is 50.6 cm³/mol. The molecular formula is C8H9ClN2O2. The molecule has 0 saturated carbocycles. The highest BCUT2D eigenvalue weighted by Gasteiger charge is 2.20. The Kier molecular flexibility index (Phi) is 2.75. The molecule has 70 valence electrons. The van der Waals surface area contributed by atoms with Crippen LogP contribution in [0.2, 0.25) is 0 Å². The third kappa shape index (κ3) is 1.59. The molecule has 1 heterocycles. The molecule has 2 rings (SSSR count). The van der Waals surface area contributed by atoms with Gasteiger partial charge in [0.25, 0.3) is 0 Å². The molecule has 0 atom stereocenters. The van der Waals surface area contributed by atoms with Crippen molar-refractivity contribution in [1.82, 2.24) is 0 Å². The molecule has 0 aromatic heterocycles. The van der Waals surface area contributed by atoms with Crippen molar-refractivity contribution in [2.45, 2.75) is 6.61 Å². The number of nitrogen functional groups attached to an aromatic ring is 1. The Labute approximate surface area is 81.4 Å². The maximum Gasteiger partial charge on any atom is 0.338 e. The van der Waals surface area contributed by atoms with Crippen molar-refractivity contribution >= 4 is 24.1 Å². The van der Waals surface area contributed by atoms with E-state index in [9.17, 15) is 4.79 Å². The van der Waals surface area contributed by atoms with Gasteiger partial charge in [0.2, 0.25) is 0 Å². The summed E-state index contributed by atoms with van der Waals surface area (Å²) in [6, 6.07) is 5.32. The van der Waals surface area contributed by atoms with Crippen LogP contribution < -0.4 is 11.3 Å². The number of nitrogens with two attached hydrogens (primary N) is 1. The Bertz CT molecular complexity index is 341. The molecule has 0 spiro atoms. The number of hydrogen-bond acceptors (Lipinski definition) is 4. The van der Waals surface area contributed by atoms with Crippen LogP contribution in [0.1, 0.15) is 15.9 Å². The average Bonchev–Trinajstić information content (AvgIpc) is 2.47. The summed E-state index contributed by atoms with van der Waals surface area (Å²) >= 11 is 0. The standard InChI is InChI=1S/C8H8N2O2.ClH/c9-10-6-2-1-5-4-12-8(11)7(5)3-6;/h1-3,10H,4,9H2;1H. The lowest BCUT2D eigenvalue weighted by Gasteiger charge is -1.99. The summed E-state index contributed by atoms with van der Waals surface area (Å²) in [6.07, 6.45) is 0. The number of halogens is 1. The number of hydrogen-bond donors (Lipinski definition) is 2. The average molecular weight is 201 g/mol. The van der Waals surface area contributed by atoms with Gasteiger partial charge in [0, 0.05) is 11.3 Å². The third-order valence-corrected chi connectivity index (χ3v) is 1.86. The van der Waals surface area contributed by atoms with Gasteiger partial charge in [-0.15, -0.1) is 12.4 Å². The lowest BCUT2D eigenvalue weighted by molar-refractivity contribution is 0.0535. The summed E-state index contributed by atoms with van der Waals surface area (Å²) < 4.78 is 4.82. The fraction of sp³-hybridized carbons (Fsp3) is 0.125. The third-order valence-electron chi connectivity index (χ3n) is 1.86. The van der Waals surface area contributed by atoms with E-state index in [1.807, 2.05) is 6.07 Å². The molecule has 5 heteroatoms. The first-order chi connectivity index (χ1) is 5.81. The zero-order valence-electron chi connectivity index (χ0n) is 6.74. The highest BCUT2D eigenvalue weighted by atomic mass is 35.5. The number of nitrogens with one attached hydrogen (secondary N) is 1. The van der Waals surface area contributed by atoms with Crippen LogP contribution in [0.5, 0.6) is 0 Å². The number of esters is 1. The molecule has 1 aromatic carbocycles. The van der Waals surface area contributed by atoms with Crippen LogP contribution in [0, 0.1) is 0 Å². The van der Waals surface area contributed by atoms with E-state index in [1.165, 1.54) is 0 Å². The molecule has 0 radical (unpaired) electrons. The predicted octanol–water partition coefficient (Wildman–Crippen LogP) is 1.06. The van der Waals surface area contributed by atoms with Crippen LogP contribution in [0.3, 0.4) is 0 Å². The van der Waals surface area contributed by atoms with Gasteiger partial charge in [0.1, 0.15) is 6.61 Å². The number of carbonyl (C=O) groups is 1. The maximum atomic E-state index is 11.0. The summed E-state index contributed by atoms with van der Waals surface area (Å²) in [6.45, 7) is 0.374. The molecule has 1 aliphatic heterocycles. The van der Waals surface area contributed by atoms with E-state index in [0.29, 0.717) is 17.9 Å². The van der Waals surface area contributed by atoms with E-state index in [4.69, 9.17) is 10.6 Å². The van der Waals surface area contributed by atoms with E-state index < -0.39 is 0 Å². The van der Waals surface area contributed by atoms with Crippen molar-refractivity contribution in [2.75, 3.05) is 5.43 Å². The normalized spacial score (nSPS) is 12.8. The second-order valence-electron chi connectivity index (χ2n) is 2.59. The molecule has 0 fully saturated rings. The second kappa shape index (κ2) is 3.64. The minimum atomic E-state index is -0.276. The Morgan fingerprint density at radius 2 is 2.23 bits per heavy atom. The fourth-order valence-corrected chi connectivity index (χ4v) is 1.20. The van der Waals surface area contributed by atoms with Gasteiger partial charge in [-0.3, -0.25) is 5.84 Å². The van der Waals surface area contributed by atoms with E-state index in [1.54, 1.807) is 12.1 Å². The molecule has 0 unspecified atom stereocenters. The zero-order valence-corrected chi connectivity index (χ0v) is 7.56. The molecule has 1 aromatic rings. The molecule has 3 N–H and O–H groups in total. The number of rotatable bonds is 1.